The number of carbonyl (C=O) groups is 1. The number of aromatic nitrogens is 2. The first-order chi connectivity index (χ1) is 10.2. The predicted octanol–water partition coefficient (Wildman–Crippen LogP) is 4.61. The van der Waals surface area contributed by atoms with Crippen molar-refractivity contribution in [1.82, 2.24) is 9.97 Å². The van der Waals surface area contributed by atoms with E-state index < -0.39 is 0 Å². The second kappa shape index (κ2) is 6.27. The van der Waals surface area contributed by atoms with Gasteiger partial charge in [-0.2, -0.15) is 0 Å². The third-order valence-electron chi connectivity index (χ3n) is 2.63. The Bertz CT molecular complexity index is 760. The van der Waals surface area contributed by atoms with E-state index in [0.29, 0.717) is 10.8 Å². The molecule has 3 aromatic heterocycles. The molecule has 0 saturated heterocycles. The number of thiophene rings is 1. The number of nitrogens with zero attached hydrogens (tertiary/aromatic N) is 2. The maximum absolute atomic E-state index is 12.2. The van der Waals surface area contributed by atoms with Crippen molar-refractivity contribution in [3.8, 4) is 9.88 Å². The number of nitrogens with one attached hydrogen (secondary N) is 1. The third kappa shape index (κ3) is 3.18. The van der Waals surface area contributed by atoms with E-state index in [-0.39, 0.29) is 5.91 Å². The zero-order valence-electron chi connectivity index (χ0n) is 11.2. The lowest BCUT2D eigenvalue weighted by Gasteiger charge is -1.97. The molecular formula is C13H11N3OS4. The van der Waals surface area contributed by atoms with Gasteiger partial charge in [0.25, 0.3) is 5.91 Å². The zero-order valence-corrected chi connectivity index (χ0v) is 14.5. The molecular weight excluding hydrogens is 342 g/mol. The van der Waals surface area contributed by atoms with Crippen LogP contribution in [0.3, 0.4) is 0 Å². The molecule has 0 aliphatic heterocycles. The number of carbonyl (C=O) groups excluding carboxylic acids is 1. The fourth-order valence-corrected chi connectivity index (χ4v) is 4.90. The Labute approximate surface area is 138 Å². The minimum atomic E-state index is -0.213. The van der Waals surface area contributed by atoms with Crippen LogP contribution < -0.4 is 5.32 Å². The van der Waals surface area contributed by atoms with E-state index in [4.69, 9.17) is 0 Å². The van der Waals surface area contributed by atoms with Crippen molar-refractivity contribution in [1.29, 1.82) is 0 Å². The zero-order chi connectivity index (χ0) is 14.8. The summed E-state index contributed by atoms with van der Waals surface area (Å²) in [4.78, 5) is 22.0. The fraction of sp³-hybridized carbons (Fsp3) is 0.154. The van der Waals surface area contributed by atoms with Crippen molar-refractivity contribution in [2.75, 3.05) is 11.6 Å². The van der Waals surface area contributed by atoms with Gasteiger partial charge in [0.1, 0.15) is 10.7 Å². The van der Waals surface area contributed by atoms with Gasteiger partial charge in [-0.1, -0.05) is 17.4 Å². The molecule has 108 valence electrons. The van der Waals surface area contributed by atoms with Crippen LogP contribution in [0.4, 0.5) is 5.13 Å². The van der Waals surface area contributed by atoms with Gasteiger partial charge in [0.15, 0.2) is 5.13 Å². The maximum Gasteiger partial charge on any atom is 0.276 e. The summed E-state index contributed by atoms with van der Waals surface area (Å²) in [6.07, 6.45) is 2.00. The summed E-state index contributed by atoms with van der Waals surface area (Å²) in [5.41, 5.74) is 1.38. The number of hydrogen-bond acceptors (Lipinski definition) is 7. The molecule has 1 amide bonds. The summed E-state index contributed by atoms with van der Waals surface area (Å²) < 4.78 is 1.11. The number of thioether (sulfide) groups is 1. The molecule has 3 rings (SSSR count). The first kappa shape index (κ1) is 14.7. The molecule has 0 saturated carbocycles. The second-order valence-electron chi connectivity index (χ2n) is 4.07. The number of hydrogen-bond donors (Lipinski definition) is 1. The van der Waals surface area contributed by atoms with Crippen LogP contribution in [-0.2, 0) is 0 Å². The Morgan fingerprint density at radius 2 is 2.19 bits per heavy atom. The normalized spacial score (nSPS) is 10.8. The van der Waals surface area contributed by atoms with Gasteiger partial charge >= 0.3 is 0 Å². The van der Waals surface area contributed by atoms with Crippen molar-refractivity contribution in [3.05, 3.63) is 34.3 Å². The van der Waals surface area contributed by atoms with Crippen LogP contribution >= 0.6 is 45.8 Å². The molecule has 0 bridgehead atoms. The minimum Gasteiger partial charge on any atom is -0.296 e. The second-order valence-corrected chi connectivity index (χ2v) is 7.95. The highest BCUT2D eigenvalue weighted by Gasteiger charge is 2.15. The van der Waals surface area contributed by atoms with Crippen LogP contribution in [-0.4, -0.2) is 22.1 Å². The average Bonchev–Trinajstić information content (AvgIpc) is 3.18. The van der Waals surface area contributed by atoms with Crippen molar-refractivity contribution in [3.63, 3.8) is 0 Å². The highest BCUT2D eigenvalue weighted by atomic mass is 32.2. The van der Waals surface area contributed by atoms with E-state index >= 15 is 0 Å². The first-order valence-electron chi connectivity index (χ1n) is 5.99. The van der Waals surface area contributed by atoms with Crippen LogP contribution in [0.2, 0.25) is 0 Å². The van der Waals surface area contributed by atoms with E-state index in [2.05, 4.69) is 15.3 Å². The molecule has 0 radical (unpaired) electrons. The van der Waals surface area contributed by atoms with Crippen molar-refractivity contribution in [2.24, 2.45) is 0 Å². The molecule has 0 spiro atoms. The lowest BCUT2D eigenvalue weighted by Crippen LogP contribution is -2.12. The molecule has 0 atom stereocenters. The molecule has 0 unspecified atom stereocenters. The number of thiazole rings is 2. The Morgan fingerprint density at radius 1 is 1.33 bits per heavy atom. The predicted molar refractivity (Wildman–Crippen MR) is 92.0 cm³/mol. The SMILES string of the molecule is CSc1sc(NC(=O)c2csc(-c3cccs3)n2)nc1C. The minimum absolute atomic E-state index is 0.213. The number of anilines is 1. The Morgan fingerprint density at radius 3 is 2.86 bits per heavy atom. The number of aryl methyl sites for hydroxylation is 1. The lowest BCUT2D eigenvalue weighted by atomic mass is 10.4. The van der Waals surface area contributed by atoms with Crippen LogP contribution in [0.25, 0.3) is 9.88 Å². The molecule has 0 fully saturated rings. The Hall–Kier alpha value is -1.22. The Kier molecular flexibility index (Phi) is 4.39. The maximum atomic E-state index is 12.2. The highest BCUT2D eigenvalue weighted by Crippen LogP contribution is 2.31. The molecule has 1 N–H and O–H groups in total. The smallest absolute Gasteiger partial charge is 0.276 e. The topological polar surface area (TPSA) is 54.9 Å². The molecule has 21 heavy (non-hydrogen) atoms. The largest absolute Gasteiger partial charge is 0.296 e. The molecule has 3 heterocycles. The van der Waals surface area contributed by atoms with Crippen molar-refractivity contribution < 1.29 is 4.79 Å². The van der Waals surface area contributed by atoms with Gasteiger partial charge in [0.05, 0.1) is 14.8 Å². The van der Waals surface area contributed by atoms with E-state index in [9.17, 15) is 4.79 Å². The molecule has 3 aromatic rings. The van der Waals surface area contributed by atoms with Gasteiger partial charge < -0.3 is 0 Å². The van der Waals surface area contributed by atoms with Gasteiger partial charge in [-0.15, -0.1) is 34.4 Å². The number of amides is 1. The molecule has 0 aliphatic rings. The van der Waals surface area contributed by atoms with Crippen LogP contribution in [0.5, 0.6) is 0 Å². The summed E-state index contributed by atoms with van der Waals surface area (Å²) in [5, 5.41) is 8.08. The molecule has 8 heteroatoms. The van der Waals surface area contributed by atoms with E-state index in [1.54, 1.807) is 28.5 Å². The van der Waals surface area contributed by atoms with Gasteiger partial charge in [0, 0.05) is 5.38 Å². The van der Waals surface area contributed by atoms with Gasteiger partial charge in [-0.3, -0.25) is 10.1 Å². The van der Waals surface area contributed by atoms with E-state index in [1.807, 2.05) is 30.7 Å². The van der Waals surface area contributed by atoms with Gasteiger partial charge in [-0.25, -0.2) is 9.97 Å². The molecule has 0 aromatic carbocycles. The summed E-state index contributed by atoms with van der Waals surface area (Å²) in [5.74, 6) is -0.213. The monoisotopic (exact) mass is 353 g/mol. The van der Waals surface area contributed by atoms with Crippen LogP contribution in [0.15, 0.2) is 27.1 Å². The quantitative estimate of drug-likeness (QED) is 0.696. The van der Waals surface area contributed by atoms with Crippen LogP contribution in [0.1, 0.15) is 16.2 Å². The molecule has 4 nitrogen and oxygen atoms in total. The summed E-state index contributed by atoms with van der Waals surface area (Å²) in [6, 6.07) is 3.98. The number of rotatable bonds is 4. The molecule has 0 aliphatic carbocycles. The van der Waals surface area contributed by atoms with Crippen molar-refractivity contribution >= 4 is 56.8 Å². The highest BCUT2D eigenvalue weighted by molar-refractivity contribution is 8.00. The standard InChI is InChI=1S/C13H11N3OS4/c1-7-12(18-2)21-13(14-7)16-10(17)8-6-20-11(15-8)9-4-3-5-19-9/h3-6H,1-2H3,(H,14,16,17). The van der Waals surface area contributed by atoms with Crippen LogP contribution in [0, 0.1) is 6.92 Å². The van der Waals surface area contributed by atoms with E-state index in [1.165, 1.54) is 22.7 Å². The van der Waals surface area contributed by atoms with Crippen molar-refractivity contribution in [2.45, 2.75) is 11.1 Å². The van der Waals surface area contributed by atoms with Gasteiger partial charge in [0.2, 0.25) is 0 Å². The third-order valence-corrected chi connectivity index (χ3v) is 6.79. The van der Waals surface area contributed by atoms with Gasteiger partial charge in [-0.05, 0) is 24.6 Å². The Balaban J connectivity index is 1.76. The lowest BCUT2D eigenvalue weighted by molar-refractivity contribution is 0.102. The summed E-state index contributed by atoms with van der Waals surface area (Å²) in [6.45, 7) is 1.94. The first-order valence-corrected chi connectivity index (χ1v) is 9.79. The average molecular weight is 354 g/mol. The summed E-state index contributed by atoms with van der Waals surface area (Å²) >= 11 is 6.21. The fourth-order valence-electron chi connectivity index (χ4n) is 1.68. The summed E-state index contributed by atoms with van der Waals surface area (Å²) in [7, 11) is 0. The van der Waals surface area contributed by atoms with E-state index in [0.717, 1.165) is 19.8 Å².